The first-order valence-electron chi connectivity index (χ1n) is 11.0. The van der Waals surface area contributed by atoms with Crippen LogP contribution in [0.5, 0.6) is 0 Å². The fraction of sp³-hybridized carbons (Fsp3) is 0.435. The molecule has 7 nitrogen and oxygen atoms in total. The highest BCUT2D eigenvalue weighted by Crippen LogP contribution is 2.33. The molecule has 2 aliphatic rings. The maximum Gasteiger partial charge on any atom is 0.264 e. The van der Waals surface area contributed by atoms with E-state index in [-0.39, 0.29) is 10.8 Å². The van der Waals surface area contributed by atoms with Gasteiger partial charge in [0.05, 0.1) is 29.6 Å². The van der Waals surface area contributed by atoms with Crippen LogP contribution in [-0.4, -0.2) is 40.6 Å². The maximum atomic E-state index is 13.4. The van der Waals surface area contributed by atoms with Crippen molar-refractivity contribution in [1.82, 2.24) is 0 Å². The molecule has 172 valence electrons. The van der Waals surface area contributed by atoms with Crippen LogP contribution in [-0.2, 0) is 19.6 Å². The number of anilines is 3. The standard InChI is InChI=1S/C23H28ClN3O4S/c24-19-7-3-4-8-20(19)26-32(29,30)22-16-18(25-23(28)15-17-5-1-2-6-17)9-10-21(22)27-11-13-31-14-12-27/h3-4,7-10,16-17,26H,1-2,5-6,11-15H2,(H,25,28). The molecule has 1 saturated carbocycles. The Morgan fingerprint density at radius 1 is 1.09 bits per heavy atom. The van der Waals surface area contributed by atoms with Gasteiger partial charge >= 0.3 is 0 Å². The molecule has 1 amide bonds. The van der Waals surface area contributed by atoms with Crippen LogP contribution in [0.1, 0.15) is 32.1 Å². The van der Waals surface area contributed by atoms with Gasteiger partial charge in [-0.1, -0.05) is 36.6 Å². The summed E-state index contributed by atoms with van der Waals surface area (Å²) < 4.78 is 34.8. The van der Waals surface area contributed by atoms with Gasteiger partial charge in [0.2, 0.25) is 5.91 Å². The number of halogens is 1. The Labute approximate surface area is 194 Å². The van der Waals surface area contributed by atoms with E-state index in [4.69, 9.17) is 16.3 Å². The van der Waals surface area contributed by atoms with Crippen molar-refractivity contribution in [3.8, 4) is 0 Å². The molecular formula is C23H28ClN3O4S. The van der Waals surface area contributed by atoms with Gasteiger partial charge in [0.15, 0.2) is 0 Å². The number of amides is 1. The zero-order valence-corrected chi connectivity index (χ0v) is 19.4. The maximum absolute atomic E-state index is 13.4. The number of carbonyl (C=O) groups is 1. The van der Waals surface area contributed by atoms with Crippen LogP contribution in [0.4, 0.5) is 17.1 Å². The molecule has 1 heterocycles. The molecule has 0 unspecified atom stereocenters. The van der Waals surface area contributed by atoms with E-state index in [1.807, 2.05) is 4.90 Å². The highest BCUT2D eigenvalue weighted by molar-refractivity contribution is 7.93. The van der Waals surface area contributed by atoms with E-state index in [1.165, 1.54) is 18.9 Å². The lowest BCUT2D eigenvalue weighted by Crippen LogP contribution is -2.37. The largest absolute Gasteiger partial charge is 0.378 e. The van der Waals surface area contributed by atoms with E-state index in [1.54, 1.807) is 36.4 Å². The second-order valence-electron chi connectivity index (χ2n) is 8.27. The molecule has 1 saturated heterocycles. The molecular weight excluding hydrogens is 450 g/mol. The van der Waals surface area contributed by atoms with Crippen LogP contribution in [0.2, 0.25) is 5.02 Å². The number of carbonyl (C=O) groups excluding carboxylic acids is 1. The minimum atomic E-state index is -3.96. The summed E-state index contributed by atoms with van der Waals surface area (Å²) >= 11 is 6.18. The number of benzene rings is 2. The van der Waals surface area contributed by atoms with Crippen LogP contribution in [0.3, 0.4) is 0 Å². The third-order valence-electron chi connectivity index (χ3n) is 5.95. The van der Waals surface area contributed by atoms with Crippen LogP contribution < -0.4 is 14.9 Å². The zero-order valence-electron chi connectivity index (χ0n) is 17.8. The smallest absolute Gasteiger partial charge is 0.264 e. The van der Waals surface area contributed by atoms with Gasteiger partial charge in [-0.2, -0.15) is 0 Å². The van der Waals surface area contributed by atoms with Crippen LogP contribution in [0.25, 0.3) is 0 Å². The molecule has 1 aliphatic carbocycles. The number of nitrogens with zero attached hydrogens (tertiary/aromatic N) is 1. The predicted octanol–water partition coefficient (Wildman–Crippen LogP) is 4.50. The Hall–Kier alpha value is -2.29. The molecule has 4 rings (SSSR count). The Bertz CT molecular complexity index is 1060. The van der Waals surface area contributed by atoms with Crippen LogP contribution in [0, 0.1) is 5.92 Å². The van der Waals surface area contributed by atoms with Gasteiger partial charge in [-0.3, -0.25) is 9.52 Å². The molecule has 0 spiro atoms. The number of nitrogens with one attached hydrogen (secondary N) is 2. The first-order chi connectivity index (χ1) is 15.4. The van der Waals surface area contributed by atoms with Crippen molar-refractivity contribution in [1.29, 1.82) is 0 Å². The summed E-state index contributed by atoms with van der Waals surface area (Å²) in [5.74, 6) is 0.325. The molecule has 0 atom stereocenters. The normalized spacial score (nSPS) is 17.3. The summed E-state index contributed by atoms with van der Waals surface area (Å²) in [6.45, 7) is 2.22. The van der Waals surface area contributed by atoms with E-state index >= 15 is 0 Å². The summed E-state index contributed by atoms with van der Waals surface area (Å²) in [5.41, 5.74) is 1.34. The first kappa shape index (κ1) is 22.9. The van der Waals surface area contributed by atoms with Crippen molar-refractivity contribution in [2.75, 3.05) is 41.2 Å². The van der Waals surface area contributed by atoms with E-state index in [0.29, 0.717) is 60.7 Å². The number of para-hydroxylation sites is 1. The van der Waals surface area contributed by atoms with Crippen molar-refractivity contribution in [3.63, 3.8) is 0 Å². The molecule has 0 aromatic heterocycles. The Kier molecular flexibility index (Phi) is 7.23. The lowest BCUT2D eigenvalue weighted by Gasteiger charge is -2.30. The van der Waals surface area contributed by atoms with E-state index in [2.05, 4.69) is 10.0 Å². The van der Waals surface area contributed by atoms with E-state index in [0.717, 1.165) is 12.8 Å². The predicted molar refractivity (Wildman–Crippen MR) is 127 cm³/mol. The fourth-order valence-corrected chi connectivity index (χ4v) is 5.88. The highest BCUT2D eigenvalue weighted by Gasteiger charge is 2.25. The van der Waals surface area contributed by atoms with Gasteiger partial charge in [-0.25, -0.2) is 8.42 Å². The molecule has 1 aliphatic heterocycles. The quantitative estimate of drug-likeness (QED) is 0.613. The molecule has 0 bridgehead atoms. The zero-order chi connectivity index (χ0) is 22.6. The topological polar surface area (TPSA) is 87.7 Å². The third-order valence-corrected chi connectivity index (χ3v) is 7.68. The Balaban J connectivity index is 1.62. The molecule has 2 aromatic carbocycles. The monoisotopic (exact) mass is 477 g/mol. The minimum Gasteiger partial charge on any atom is -0.378 e. The fourth-order valence-electron chi connectivity index (χ4n) is 4.31. The van der Waals surface area contributed by atoms with Gasteiger partial charge < -0.3 is 15.0 Å². The number of ether oxygens (including phenoxy) is 1. The average Bonchev–Trinajstić information content (AvgIpc) is 3.29. The molecule has 0 radical (unpaired) electrons. The van der Waals surface area contributed by atoms with Crippen LogP contribution in [0.15, 0.2) is 47.4 Å². The average molecular weight is 478 g/mol. The van der Waals surface area contributed by atoms with Gasteiger partial charge in [0, 0.05) is 25.2 Å². The summed E-state index contributed by atoms with van der Waals surface area (Å²) in [7, 11) is -3.96. The summed E-state index contributed by atoms with van der Waals surface area (Å²) in [4.78, 5) is 14.6. The number of sulfonamides is 1. The molecule has 2 aromatic rings. The number of hydrogen-bond acceptors (Lipinski definition) is 5. The van der Waals surface area contributed by atoms with Crippen molar-refractivity contribution in [2.24, 2.45) is 5.92 Å². The van der Waals surface area contributed by atoms with Crippen molar-refractivity contribution in [3.05, 3.63) is 47.5 Å². The second-order valence-corrected chi connectivity index (χ2v) is 10.3. The Morgan fingerprint density at radius 3 is 2.53 bits per heavy atom. The van der Waals surface area contributed by atoms with Crippen molar-refractivity contribution >= 4 is 44.6 Å². The van der Waals surface area contributed by atoms with Gasteiger partial charge in [0.25, 0.3) is 10.0 Å². The lowest BCUT2D eigenvalue weighted by atomic mass is 10.0. The van der Waals surface area contributed by atoms with Crippen molar-refractivity contribution < 1.29 is 17.9 Å². The molecule has 2 fully saturated rings. The molecule has 9 heteroatoms. The highest BCUT2D eigenvalue weighted by atomic mass is 35.5. The third kappa shape index (κ3) is 5.54. The van der Waals surface area contributed by atoms with Gasteiger partial charge in [-0.05, 0) is 49.1 Å². The van der Waals surface area contributed by atoms with E-state index < -0.39 is 10.0 Å². The Morgan fingerprint density at radius 2 is 1.81 bits per heavy atom. The van der Waals surface area contributed by atoms with E-state index in [9.17, 15) is 13.2 Å². The minimum absolute atomic E-state index is 0.0848. The van der Waals surface area contributed by atoms with Crippen LogP contribution >= 0.6 is 11.6 Å². The van der Waals surface area contributed by atoms with Crippen molar-refractivity contribution in [2.45, 2.75) is 37.0 Å². The van der Waals surface area contributed by atoms with Gasteiger partial charge in [-0.15, -0.1) is 0 Å². The number of morpholine rings is 1. The van der Waals surface area contributed by atoms with Gasteiger partial charge in [0.1, 0.15) is 4.90 Å². The summed E-state index contributed by atoms with van der Waals surface area (Å²) in [6, 6.07) is 11.7. The second kappa shape index (κ2) is 10.1. The molecule has 32 heavy (non-hydrogen) atoms. The lowest BCUT2D eigenvalue weighted by molar-refractivity contribution is -0.117. The number of hydrogen-bond donors (Lipinski definition) is 2. The SMILES string of the molecule is O=C(CC1CCCC1)Nc1ccc(N2CCOCC2)c(S(=O)(=O)Nc2ccccc2Cl)c1. The number of rotatable bonds is 7. The molecule has 2 N–H and O–H groups in total. The summed E-state index contributed by atoms with van der Waals surface area (Å²) in [5, 5.41) is 3.20. The summed E-state index contributed by atoms with van der Waals surface area (Å²) in [6.07, 6.45) is 4.95. The first-order valence-corrected chi connectivity index (χ1v) is 12.8.